The number of rotatable bonds is 37. The Labute approximate surface area is 322 Å². The molecule has 0 aromatic rings. The minimum Gasteiger partial charge on any atom is -0.462 e. The maximum absolute atomic E-state index is 12.5. The molecule has 0 amide bonds. The quantitative estimate of drug-likeness (QED) is 0.0274. The molecular weight excluding hydrogens is 689 g/mol. The van der Waals surface area contributed by atoms with Crippen LogP contribution in [0.4, 0.5) is 0 Å². The van der Waals surface area contributed by atoms with Gasteiger partial charge in [0.15, 0.2) is 6.10 Å². The Hall–Kier alpha value is -2.55. The van der Waals surface area contributed by atoms with Crippen LogP contribution in [0.3, 0.4) is 0 Å². The fourth-order valence-corrected chi connectivity index (χ4v) is 5.76. The molecule has 2 atom stereocenters. The number of carbonyl (C=O) groups is 2. The van der Waals surface area contributed by atoms with Gasteiger partial charge in [0.05, 0.1) is 13.2 Å². The first-order valence-corrected chi connectivity index (χ1v) is 21.9. The summed E-state index contributed by atoms with van der Waals surface area (Å²) in [6.07, 6.45) is 46.4. The first kappa shape index (κ1) is 50.5. The number of hydrogen-bond donors (Lipinski definition) is 2. The highest BCUT2D eigenvalue weighted by Crippen LogP contribution is 2.43. The number of ether oxygens (including phenoxy) is 2. The van der Waals surface area contributed by atoms with Crippen LogP contribution in [0.25, 0.3) is 0 Å². The number of phosphoric ester groups is 1. The van der Waals surface area contributed by atoms with Crippen molar-refractivity contribution in [1.29, 1.82) is 0 Å². The second-order valence-corrected chi connectivity index (χ2v) is 14.6. The Morgan fingerprint density at radius 1 is 0.566 bits per heavy atom. The molecule has 9 nitrogen and oxygen atoms in total. The van der Waals surface area contributed by atoms with E-state index in [0.717, 1.165) is 70.6 Å². The van der Waals surface area contributed by atoms with Gasteiger partial charge in [0, 0.05) is 19.4 Å². The summed E-state index contributed by atoms with van der Waals surface area (Å²) in [7, 11) is -4.39. The lowest BCUT2D eigenvalue weighted by molar-refractivity contribution is -0.161. The van der Waals surface area contributed by atoms with E-state index in [9.17, 15) is 19.0 Å². The first-order chi connectivity index (χ1) is 25.8. The lowest BCUT2D eigenvalue weighted by Gasteiger charge is -2.19. The first-order valence-electron chi connectivity index (χ1n) is 20.4. The minimum atomic E-state index is -4.39. The maximum atomic E-state index is 12.5. The summed E-state index contributed by atoms with van der Waals surface area (Å²) < 4.78 is 32.6. The van der Waals surface area contributed by atoms with Gasteiger partial charge >= 0.3 is 19.8 Å². The lowest BCUT2D eigenvalue weighted by Crippen LogP contribution is -2.29. The smallest absolute Gasteiger partial charge is 0.462 e. The number of esters is 2. The zero-order chi connectivity index (χ0) is 38.9. The Bertz CT molecular complexity index is 1100. The van der Waals surface area contributed by atoms with E-state index in [0.29, 0.717) is 12.8 Å². The highest BCUT2D eigenvalue weighted by Gasteiger charge is 2.25. The second kappa shape index (κ2) is 39.2. The Morgan fingerprint density at radius 2 is 0.981 bits per heavy atom. The van der Waals surface area contributed by atoms with Crippen molar-refractivity contribution in [2.45, 2.75) is 161 Å². The molecule has 0 aromatic carbocycles. The average Bonchev–Trinajstić information content (AvgIpc) is 3.14. The van der Waals surface area contributed by atoms with Crippen LogP contribution in [-0.2, 0) is 32.7 Å². The summed E-state index contributed by atoms with van der Waals surface area (Å²) >= 11 is 0. The van der Waals surface area contributed by atoms with Crippen molar-refractivity contribution >= 4 is 19.8 Å². The van der Waals surface area contributed by atoms with Gasteiger partial charge in [0.25, 0.3) is 0 Å². The summed E-state index contributed by atoms with van der Waals surface area (Å²) in [4.78, 5) is 34.8. The number of hydrogen-bond acceptors (Lipinski definition) is 8. The molecule has 0 aliphatic heterocycles. The van der Waals surface area contributed by atoms with Crippen molar-refractivity contribution in [3.63, 3.8) is 0 Å². The summed E-state index contributed by atoms with van der Waals surface area (Å²) in [6, 6.07) is 0. The molecule has 0 fully saturated rings. The topological polar surface area (TPSA) is 134 Å². The molecule has 10 heteroatoms. The van der Waals surface area contributed by atoms with Crippen molar-refractivity contribution in [2.75, 3.05) is 26.4 Å². The van der Waals surface area contributed by atoms with Crippen LogP contribution in [0.15, 0.2) is 72.9 Å². The largest absolute Gasteiger partial charge is 0.472 e. The van der Waals surface area contributed by atoms with E-state index in [1.807, 2.05) is 0 Å². The van der Waals surface area contributed by atoms with E-state index in [1.54, 1.807) is 0 Å². The molecule has 0 saturated heterocycles. The van der Waals surface area contributed by atoms with Crippen molar-refractivity contribution in [2.24, 2.45) is 5.73 Å². The predicted octanol–water partition coefficient (Wildman–Crippen LogP) is 11.5. The molecule has 0 aromatic heterocycles. The average molecular weight is 764 g/mol. The molecule has 1 unspecified atom stereocenters. The fraction of sp³-hybridized carbons (Fsp3) is 0.674. The molecule has 0 spiro atoms. The number of carbonyl (C=O) groups excluding carboxylic acids is 2. The fourth-order valence-electron chi connectivity index (χ4n) is 5.00. The maximum Gasteiger partial charge on any atom is 0.472 e. The summed E-state index contributed by atoms with van der Waals surface area (Å²) in [5, 5.41) is 0. The zero-order valence-corrected chi connectivity index (χ0v) is 34.1. The third kappa shape index (κ3) is 39.0. The summed E-state index contributed by atoms with van der Waals surface area (Å²) in [6.45, 7) is 3.58. The van der Waals surface area contributed by atoms with Crippen LogP contribution in [0.1, 0.15) is 155 Å². The molecule has 0 heterocycles. The van der Waals surface area contributed by atoms with Gasteiger partial charge in [-0.1, -0.05) is 125 Å². The molecule has 0 aliphatic carbocycles. The molecule has 0 bridgehead atoms. The van der Waals surface area contributed by atoms with Crippen LogP contribution in [0.5, 0.6) is 0 Å². The van der Waals surface area contributed by atoms with Gasteiger partial charge in [-0.25, -0.2) is 4.57 Å². The molecule has 0 radical (unpaired) electrons. The molecular formula is C43H74NO8P. The third-order valence-electron chi connectivity index (χ3n) is 8.06. The van der Waals surface area contributed by atoms with E-state index in [4.69, 9.17) is 24.3 Å². The molecule has 0 saturated carbocycles. The van der Waals surface area contributed by atoms with Gasteiger partial charge in [0.1, 0.15) is 6.61 Å². The van der Waals surface area contributed by atoms with Crippen molar-refractivity contribution in [3.8, 4) is 0 Å². The van der Waals surface area contributed by atoms with Crippen LogP contribution in [0.2, 0.25) is 0 Å². The van der Waals surface area contributed by atoms with Gasteiger partial charge in [-0.3, -0.25) is 18.6 Å². The van der Waals surface area contributed by atoms with Crippen LogP contribution in [-0.4, -0.2) is 49.3 Å². The van der Waals surface area contributed by atoms with E-state index >= 15 is 0 Å². The number of phosphoric acid groups is 1. The van der Waals surface area contributed by atoms with E-state index < -0.39 is 32.5 Å². The number of unbranched alkanes of at least 4 members (excludes halogenated alkanes) is 12. The van der Waals surface area contributed by atoms with Gasteiger partial charge in [0.2, 0.25) is 0 Å². The molecule has 53 heavy (non-hydrogen) atoms. The van der Waals surface area contributed by atoms with E-state index in [1.165, 1.54) is 44.9 Å². The molecule has 3 N–H and O–H groups in total. The Morgan fingerprint density at radius 3 is 1.47 bits per heavy atom. The van der Waals surface area contributed by atoms with Gasteiger partial charge in [-0.15, -0.1) is 0 Å². The number of nitrogens with two attached hydrogens (primary N) is 1. The Kier molecular flexibility index (Phi) is 37.3. The van der Waals surface area contributed by atoms with Crippen LogP contribution in [0, 0.1) is 0 Å². The van der Waals surface area contributed by atoms with Crippen molar-refractivity contribution < 1.29 is 37.6 Å². The highest BCUT2D eigenvalue weighted by atomic mass is 31.2. The molecule has 0 aliphatic rings. The van der Waals surface area contributed by atoms with Gasteiger partial charge in [-0.2, -0.15) is 0 Å². The SMILES string of the molecule is CCCCC/C=C\C/C=C\C/C=C\CCCCCCC(=O)OC[C@H](COP(=O)(O)OCCN)OC(=O)CCCC/C=C\C/C=C\C/C=C\CCCCC. The summed E-state index contributed by atoms with van der Waals surface area (Å²) in [5.74, 6) is -0.907. The second-order valence-electron chi connectivity index (χ2n) is 13.1. The van der Waals surface area contributed by atoms with E-state index in [2.05, 4.69) is 86.8 Å². The minimum absolute atomic E-state index is 0.0402. The normalized spacial score (nSPS) is 14.1. The summed E-state index contributed by atoms with van der Waals surface area (Å²) in [5.41, 5.74) is 5.33. The zero-order valence-electron chi connectivity index (χ0n) is 33.2. The van der Waals surface area contributed by atoms with Crippen molar-refractivity contribution in [3.05, 3.63) is 72.9 Å². The monoisotopic (exact) mass is 764 g/mol. The Balaban J connectivity index is 4.32. The highest BCUT2D eigenvalue weighted by molar-refractivity contribution is 7.47. The standard InChI is InChI=1S/C43H74NO8P/c1-3-5-7-9-11-13-15-17-19-20-22-23-25-27-29-31-33-35-42(45)49-39-41(40-51-53(47,48)50-38-37-44)52-43(46)36-34-32-30-28-26-24-21-18-16-14-12-10-8-6-4-2/h11-14,17-19,21-23,26,28,41H,3-10,15-16,20,24-25,27,29-40,44H2,1-2H3,(H,47,48)/b13-11-,14-12-,19-17-,21-18-,23-22-,28-26-/t41-/m1/s1. The molecule has 0 rings (SSSR count). The van der Waals surface area contributed by atoms with Crippen LogP contribution >= 0.6 is 7.82 Å². The predicted molar refractivity (Wildman–Crippen MR) is 219 cm³/mol. The van der Waals surface area contributed by atoms with Crippen molar-refractivity contribution in [1.82, 2.24) is 0 Å². The molecule has 304 valence electrons. The lowest BCUT2D eigenvalue weighted by atomic mass is 10.1. The van der Waals surface area contributed by atoms with Crippen LogP contribution < -0.4 is 5.73 Å². The third-order valence-corrected chi connectivity index (χ3v) is 9.05. The van der Waals surface area contributed by atoms with Gasteiger partial charge < -0.3 is 20.1 Å². The van der Waals surface area contributed by atoms with E-state index in [-0.39, 0.29) is 32.6 Å². The van der Waals surface area contributed by atoms with Gasteiger partial charge in [-0.05, 0) is 89.9 Å². The number of allylic oxidation sites excluding steroid dienone is 12.